The number of hydrogen-bond donors (Lipinski definition) is 1. The molecule has 1 aromatic rings. The van der Waals surface area contributed by atoms with Crippen molar-refractivity contribution in [3.63, 3.8) is 0 Å². The number of carbonyl (C=O) groups excluding carboxylic acids is 1. The third-order valence-electron chi connectivity index (χ3n) is 2.59. The molecular formula is C13H21N3O2. The average Bonchev–Trinajstić information content (AvgIpc) is 2.38. The number of aromatic nitrogens is 1. The molecule has 0 aliphatic rings. The molecule has 1 aromatic heterocycles. The van der Waals surface area contributed by atoms with Crippen molar-refractivity contribution in [3.05, 3.63) is 23.9 Å². The second-order valence-electron chi connectivity index (χ2n) is 4.32. The molecule has 0 aliphatic carbocycles. The number of carbonyl (C=O) groups is 1. The number of aliphatic hydroxyl groups excluding tert-OH is 1. The summed E-state index contributed by atoms with van der Waals surface area (Å²) in [4.78, 5) is 19.5. The van der Waals surface area contributed by atoms with Crippen LogP contribution < -0.4 is 4.90 Å². The van der Waals surface area contributed by atoms with Gasteiger partial charge in [0, 0.05) is 33.4 Å². The molecule has 1 N–H and O–H groups in total. The summed E-state index contributed by atoms with van der Waals surface area (Å²) in [6, 6.07) is 3.59. The van der Waals surface area contributed by atoms with E-state index in [4.69, 9.17) is 5.11 Å². The largest absolute Gasteiger partial charge is 0.395 e. The highest BCUT2D eigenvalue weighted by atomic mass is 16.3. The van der Waals surface area contributed by atoms with Crippen molar-refractivity contribution in [2.24, 2.45) is 0 Å². The smallest absolute Gasteiger partial charge is 0.254 e. The van der Waals surface area contributed by atoms with Crippen molar-refractivity contribution < 1.29 is 9.90 Å². The van der Waals surface area contributed by atoms with Crippen molar-refractivity contribution >= 4 is 11.7 Å². The van der Waals surface area contributed by atoms with E-state index in [0.29, 0.717) is 12.1 Å². The molecule has 0 aliphatic heterocycles. The zero-order chi connectivity index (χ0) is 13.5. The van der Waals surface area contributed by atoms with Crippen molar-refractivity contribution in [1.82, 2.24) is 9.88 Å². The van der Waals surface area contributed by atoms with Crippen LogP contribution in [0.15, 0.2) is 18.3 Å². The van der Waals surface area contributed by atoms with Crippen LogP contribution in [0.1, 0.15) is 23.7 Å². The molecule has 0 spiro atoms. The maximum absolute atomic E-state index is 11.7. The third-order valence-corrected chi connectivity index (χ3v) is 2.59. The van der Waals surface area contributed by atoms with Crippen LogP contribution in [0, 0.1) is 0 Å². The van der Waals surface area contributed by atoms with Crippen LogP contribution in [0.4, 0.5) is 5.82 Å². The van der Waals surface area contributed by atoms with Crippen LogP contribution >= 0.6 is 0 Å². The third kappa shape index (κ3) is 3.70. The van der Waals surface area contributed by atoms with Crippen LogP contribution in [-0.2, 0) is 0 Å². The number of aliphatic hydroxyl groups is 1. The van der Waals surface area contributed by atoms with Crippen molar-refractivity contribution in [2.45, 2.75) is 13.3 Å². The van der Waals surface area contributed by atoms with Crippen molar-refractivity contribution in [3.8, 4) is 0 Å². The molecule has 0 aromatic carbocycles. The van der Waals surface area contributed by atoms with Gasteiger partial charge in [0.05, 0.1) is 12.2 Å². The molecule has 0 saturated carbocycles. The van der Waals surface area contributed by atoms with Gasteiger partial charge in [-0.1, -0.05) is 6.92 Å². The van der Waals surface area contributed by atoms with E-state index >= 15 is 0 Å². The number of amides is 1. The molecule has 18 heavy (non-hydrogen) atoms. The minimum absolute atomic E-state index is 0.0572. The second kappa shape index (κ2) is 6.96. The number of nitrogens with zero attached hydrogens (tertiary/aromatic N) is 3. The van der Waals surface area contributed by atoms with Crippen molar-refractivity contribution in [2.75, 3.05) is 38.7 Å². The first-order valence-corrected chi connectivity index (χ1v) is 6.13. The van der Waals surface area contributed by atoms with Gasteiger partial charge in [-0.3, -0.25) is 4.79 Å². The van der Waals surface area contributed by atoms with Crippen LogP contribution in [0.3, 0.4) is 0 Å². The van der Waals surface area contributed by atoms with Gasteiger partial charge in [0.25, 0.3) is 5.91 Å². The normalized spacial score (nSPS) is 10.2. The Bertz CT molecular complexity index is 370. The summed E-state index contributed by atoms with van der Waals surface area (Å²) in [6.07, 6.45) is 2.57. The Morgan fingerprint density at radius 2 is 2.06 bits per heavy atom. The van der Waals surface area contributed by atoms with Crippen LogP contribution in [0.5, 0.6) is 0 Å². The fraction of sp³-hybridized carbons (Fsp3) is 0.538. The lowest BCUT2D eigenvalue weighted by molar-refractivity contribution is 0.0827. The number of hydrogen-bond acceptors (Lipinski definition) is 4. The van der Waals surface area contributed by atoms with Gasteiger partial charge >= 0.3 is 0 Å². The Morgan fingerprint density at radius 1 is 1.33 bits per heavy atom. The predicted octanol–water partition coefficient (Wildman–Crippen LogP) is 0.992. The molecule has 0 radical (unpaired) electrons. The first-order valence-electron chi connectivity index (χ1n) is 6.13. The summed E-state index contributed by atoms with van der Waals surface area (Å²) in [7, 11) is 3.43. The highest BCUT2D eigenvalue weighted by molar-refractivity contribution is 5.93. The molecule has 5 nitrogen and oxygen atoms in total. The molecular weight excluding hydrogens is 230 g/mol. The number of pyridine rings is 1. The number of rotatable bonds is 6. The quantitative estimate of drug-likeness (QED) is 0.819. The summed E-state index contributed by atoms with van der Waals surface area (Å²) >= 11 is 0. The van der Waals surface area contributed by atoms with Gasteiger partial charge in [0.15, 0.2) is 0 Å². The van der Waals surface area contributed by atoms with E-state index < -0.39 is 0 Å². The van der Waals surface area contributed by atoms with Crippen LogP contribution in [0.2, 0.25) is 0 Å². The summed E-state index contributed by atoms with van der Waals surface area (Å²) in [5.41, 5.74) is 0.573. The van der Waals surface area contributed by atoms with Gasteiger partial charge in [-0.25, -0.2) is 4.98 Å². The summed E-state index contributed by atoms with van der Waals surface area (Å²) in [5, 5.41) is 9.01. The Labute approximate surface area is 108 Å². The molecule has 0 fully saturated rings. The van der Waals surface area contributed by atoms with E-state index in [9.17, 15) is 4.79 Å². The molecule has 0 atom stereocenters. The summed E-state index contributed by atoms with van der Waals surface area (Å²) in [6.45, 7) is 3.57. The van der Waals surface area contributed by atoms with Gasteiger partial charge in [-0.2, -0.15) is 0 Å². The minimum Gasteiger partial charge on any atom is -0.395 e. The zero-order valence-corrected chi connectivity index (χ0v) is 11.3. The lowest BCUT2D eigenvalue weighted by Gasteiger charge is -2.22. The van der Waals surface area contributed by atoms with Gasteiger partial charge in [0.1, 0.15) is 5.82 Å². The number of anilines is 1. The Hall–Kier alpha value is -1.62. The Balaban J connectivity index is 2.83. The fourth-order valence-corrected chi connectivity index (χ4v) is 1.69. The predicted molar refractivity (Wildman–Crippen MR) is 71.8 cm³/mol. The highest BCUT2D eigenvalue weighted by Crippen LogP contribution is 2.12. The average molecular weight is 251 g/mol. The zero-order valence-electron chi connectivity index (χ0n) is 11.3. The molecule has 100 valence electrons. The lowest BCUT2D eigenvalue weighted by Crippen LogP contribution is -2.28. The fourth-order valence-electron chi connectivity index (χ4n) is 1.69. The first kappa shape index (κ1) is 14.4. The van der Waals surface area contributed by atoms with Gasteiger partial charge < -0.3 is 14.9 Å². The molecule has 1 heterocycles. The van der Waals surface area contributed by atoms with Crippen molar-refractivity contribution in [1.29, 1.82) is 0 Å². The van der Waals surface area contributed by atoms with Crippen LogP contribution in [-0.4, -0.2) is 54.7 Å². The lowest BCUT2D eigenvalue weighted by atomic mass is 10.2. The Kier molecular flexibility index (Phi) is 5.58. The van der Waals surface area contributed by atoms with E-state index in [1.165, 1.54) is 4.90 Å². The van der Waals surface area contributed by atoms with Crippen LogP contribution in [0.25, 0.3) is 0 Å². The molecule has 0 unspecified atom stereocenters. The second-order valence-corrected chi connectivity index (χ2v) is 4.32. The topological polar surface area (TPSA) is 56.7 Å². The molecule has 0 saturated heterocycles. The molecule has 1 amide bonds. The van der Waals surface area contributed by atoms with Gasteiger partial charge in [0.2, 0.25) is 0 Å². The maximum Gasteiger partial charge on any atom is 0.254 e. The highest BCUT2D eigenvalue weighted by Gasteiger charge is 2.10. The minimum atomic E-state index is -0.0572. The van der Waals surface area contributed by atoms with E-state index in [-0.39, 0.29) is 12.5 Å². The standard InChI is InChI=1S/C13H21N3O2/c1-4-7-16(8-9-17)12-6-5-11(10-14-12)13(18)15(2)3/h5-6,10,17H,4,7-9H2,1-3H3. The van der Waals surface area contributed by atoms with Gasteiger partial charge in [-0.15, -0.1) is 0 Å². The van der Waals surface area contributed by atoms with Gasteiger partial charge in [-0.05, 0) is 18.6 Å². The monoisotopic (exact) mass is 251 g/mol. The molecule has 1 rings (SSSR count). The molecule has 0 bridgehead atoms. The van der Waals surface area contributed by atoms with E-state index in [1.807, 2.05) is 11.0 Å². The maximum atomic E-state index is 11.7. The van der Waals surface area contributed by atoms with E-state index in [2.05, 4.69) is 11.9 Å². The van der Waals surface area contributed by atoms with E-state index in [0.717, 1.165) is 18.8 Å². The molecule has 5 heteroatoms. The summed E-state index contributed by atoms with van der Waals surface area (Å²) < 4.78 is 0. The SMILES string of the molecule is CCCN(CCO)c1ccc(C(=O)N(C)C)cn1. The first-order chi connectivity index (χ1) is 8.60. The Morgan fingerprint density at radius 3 is 2.50 bits per heavy atom. The summed E-state index contributed by atoms with van der Waals surface area (Å²) in [5.74, 6) is 0.736. The van der Waals surface area contributed by atoms with E-state index in [1.54, 1.807) is 26.4 Å².